The first-order valence-corrected chi connectivity index (χ1v) is 8.68. The van der Waals surface area contributed by atoms with Crippen LogP contribution in [-0.4, -0.2) is 50.5 Å². The number of hydrogen-bond acceptors (Lipinski definition) is 6. The molecule has 0 amide bonds. The molecule has 0 spiro atoms. The number of aliphatic hydroxyl groups is 1. The molecule has 0 aliphatic rings. The summed E-state index contributed by atoms with van der Waals surface area (Å²) in [6.07, 6.45) is -0.633. The summed E-state index contributed by atoms with van der Waals surface area (Å²) in [5.74, 6) is 2.03. The predicted molar refractivity (Wildman–Crippen MR) is 103 cm³/mol. The first-order chi connectivity index (χ1) is 13.0. The molecule has 0 aromatic heterocycles. The number of hydrogen-bond donors (Lipinski definition) is 1. The lowest BCUT2D eigenvalue weighted by Gasteiger charge is -2.22. The van der Waals surface area contributed by atoms with Crippen LogP contribution in [0.1, 0.15) is 16.7 Å². The molecule has 0 unspecified atom stereocenters. The van der Waals surface area contributed by atoms with Crippen LogP contribution in [0.3, 0.4) is 0 Å². The van der Waals surface area contributed by atoms with E-state index < -0.39 is 6.10 Å². The van der Waals surface area contributed by atoms with Gasteiger partial charge in [-0.3, -0.25) is 4.90 Å². The van der Waals surface area contributed by atoms with Gasteiger partial charge in [0, 0.05) is 13.1 Å². The highest BCUT2D eigenvalue weighted by Crippen LogP contribution is 2.30. The molecule has 2 aromatic carbocycles. The maximum Gasteiger partial charge on any atom is 0.161 e. The molecular weight excluding hydrogens is 344 g/mol. The maximum absolute atomic E-state index is 10.2. The predicted octanol–water partition coefficient (Wildman–Crippen LogP) is 2.76. The van der Waals surface area contributed by atoms with Gasteiger partial charge in [0.05, 0.1) is 25.9 Å². The molecule has 0 saturated carbocycles. The van der Waals surface area contributed by atoms with Gasteiger partial charge >= 0.3 is 0 Å². The summed E-state index contributed by atoms with van der Waals surface area (Å²) < 4.78 is 16.3. The Kier molecular flexibility index (Phi) is 7.47. The summed E-state index contributed by atoms with van der Waals surface area (Å²) in [5, 5.41) is 19.0. The molecule has 6 heteroatoms. The smallest absolute Gasteiger partial charge is 0.161 e. The summed E-state index contributed by atoms with van der Waals surface area (Å²) in [5.41, 5.74) is 2.78. The summed E-state index contributed by atoms with van der Waals surface area (Å²) >= 11 is 0. The number of rotatable bonds is 9. The Morgan fingerprint density at radius 1 is 1.11 bits per heavy atom. The van der Waals surface area contributed by atoms with Crippen molar-refractivity contribution in [3.05, 3.63) is 53.1 Å². The van der Waals surface area contributed by atoms with Gasteiger partial charge < -0.3 is 19.3 Å². The zero-order chi connectivity index (χ0) is 19.8. The number of aliphatic hydroxyl groups excluding tert-OH is 1. The van der Waals surface area contributed by atoms with Crippen molar-refractivity contribution >= 4 is 0 Å². The molecule has 0 bridgehead atoms. The van der Waals surface area contributed by atoms with Crippen LogP contribution in [0, 0.1) is 18.3 Å². The van der Waals surface area contributed by atoms with E-state index in [1.807, 2.05) is 31.0 Å². The summed E-state index contributed by atoms with van der Waals surface area (Å²) in [6, 6.07) is 12.8. The van der Waals surface area contributed by atoms with Gasteiger partial charge in [0.15, 0.2) is 11.5 Å². The fraction of sp³-hybridized carbons (Fsp3) is 0.381. The van der Waals surface area contributed by atoms with Crippen molar-refractivity contribution in [3.63, 3.8) is 0 Å². The Hall–Kier alpha value is -2.75. The van der Waals surface area contributed by atoms with E-state index in [4.69, 9.17) is 19.5 Å². The van der Waals surface area contributed by atoms with Crippen molar-refractivity contribution in [1.82, 2.24) is 4.90 Å². The number of nitrogens with zero attached hydrogens (tertiary/aromatic N) is 2. The second-order valence-corrected chi connectivity index (χ2v) is 6.43. The van der Waals surface area contributed by atoms with Gasteiger partial charge in [-0.25, -0.2) is 0 Å². The first-order valence-electron chi connectivity index (χ1n) is 8.68. The van der Waals surface area contributed by atoms with Crippen LogP contribution < -0.4 is 14.2 Å². The van der Waals surface area contributed by atoms with Gasteiger partial charge in [0.1, 0.15) is 18.5 Å². The molecular formula is C21H26N2O4. The zero-order valence-corrected chi connectivity index (χ0v) is 16.2. The van der Waals surface area contributed by atoms with E-state index in [0.29, 0.717) is 35.9 Å². The van der Waals surface area contributed by atoms with Crippen molar-refractivity contribution in [3.8, 4) is 23.3 Å². The highest BCUT2D eigenvalue weighted by atomic mass is 16.5. The lowest BCUT2D eigenvalue weighted by molar-refractivity contribution is 0.0743. The van der Waals surface area contributed by atoms with Crippen LogP contribution in [0.15, 0.2) is 36.4 Å². The summed E-state index contributed by atoms with van der Waals surface area (Å²) in [6.45, 7) is 3.33. The summed E-state index contributed by atoms with van der Waals surface area (Å²) in [4.78, 5) is 2.03. The summed E-state index contributed by atoms with van der Waals surface area (Å²) in [7, 11) is 5.18. The third-order valence-electron chi connectivity index (χ3n) is 4.23. The molecule has 0 aliphatic carbocycles. The van der Waals surface area contributed by atoms with Crippen LogP contribution in [0.2, 0.25) is 0 Å². The SMILES string of the molecule is COc1cc(C)c(CN(C)C[C@@H](O)COc2ccc(C#N)cc2)cc1OC. The topological polar surface area (TPSA) is 75.0 Å². The molecule has 0 heterocycles. The number of aryl methyl sites for hydroxylation is 1. The Balaban J connectivity index is 1.89. The number of ether oxygens (including phenoxy) is 3. The minimum atomic E-state index is -0.633. The van der Waals surface area contributed by atoms with Crippen LogP contribution in [0.25, 0.3) is 0 Å². The second-order valence-electron chi connectivity index (χ2n) is 6.43. The third-order valence-corrected chi connectivity index (χ3v) is 4.23. The largest absolute Gasteiger partial charge is 0.493 e. The lowest BCUT2D eigenvalue weighted by atomic mass is 10.1. The van der Waals surface area contributed by atoms with Crippen molar-refractivity contribution in [1.29, 1.82) is 5.26 Å². The molecule has 2 rings (SSSR count). The normalized spacial score (nSPS) is 11.7. The van der Waals surface area contributed by atoms with Crippen molar-refractivity contribution < 1.29 is 19.3 Å². The van der Waals surface area contributed by atoms with Gasteiger partial charge in [-0.1, -0.05) is 0 Å². The van der Waals surface area contributed by atoms with Gasteiger partial charge in [-0.15, -0.1) is 0 Å². The van der Waals surface area contributed by atoms with E-state index in [1.165, 1.54) is 0 Å². The van der Waals surface area contributed by atoms with E-state index >= 15 is 0 Å². The average molecular weight is 370 g/mol. The van der Waals surface area contributed by atoms with E-state index in [1.54, 1.807) is 38.5 Å². The minimum Gasteiger partial charge on any atom is -0.493 e. The Labute approximate surface area is 160 Å². The minimum absolute atomic E-state index is 0.182. The van der Waals surface area contributed by atoms with Gasteiger partial charge in [-0.05, 0) is 61.5 Å². The van der Waals surface area contributed by atoms with Crippen molar-refractivity contribution in [2.45, 2.75) is 19.6 Å². The standard InChI is InChI=1S/C21H26N2O4/c1-15-9-20(25-3)21(26-4)10-17(15)12-23(2)13-18(24)14-27-19-7-5-16(11-22)6-8-19/h5-10,18,24H,12-14H2,1-4H3/t18-/m1/s1. The number of methoxy groups -OCH3 is 2. The maximum atomic E-state index is 10.2. The highest BCUT2D eigenvalue weighted by molar-refractivity contribution is 5.47. The third kappa shape index (κ3) is 5.88. The van der Waals surface area contributed by atoms with Gasteiger partial charge in [-0.2, -0.15) is 5.26 Å². The van der Waals surface area contributed by atoms with Crippen molar-refractivity contribution in [2.75, 3.05) is 34.4 Å². The molecule has 1 N–H and O–H groups in total. The average Bonchev–Trinajstić information content (AvgIpc) is 2.67. The molecule has 6 nitrogen and oxygen atoms in total. The molecule has 0 aliphatic heterocycles. The molecule has 0 fully saturated rings. The monoisotopic (exact) mass is 370 g/mol. The zero-order valence-electron chi connectivity index (χ0n) is 16.2. The molecule has 144 valence electrons. The van der Waals surface area contributed by atoms with E-state index in [-0.39, 0.29) is 6.61 Å². The molecule has 2 aromatic rings. The van der Waals surface area contributed by atoms with Crippen LogP contribution in [0.4, 0.5) is 0 Å². The van der Waals surface area contributed by atoms with Crippen LogP contribution in [0.5, 0.6) is 17.2 Å². The van der Waals surface area contributed by atoms with Crippen LogP contribution >= 0.6 is 0 Å². The van der Waals surface area contributed by atoms with E-state index in [2.05, 4.69) is 6.07 Å². The van der Waals surface area contributed by atoms with E-state index in [9.17, 15) is 5.11 Å². The molecule has 0 saturated heterocycles. The second kappa shape index (κ2) is 9.81. The number of benzene rings is 2. The highest BCUT2D eigenvalue weighted by Gasteiger charge is 2.13. The molecule has 27 heavy (non-hydrogen) atoms. The molecule has 0 radical (unpaired) electrons. The lowest BCUT2D eigenvalue weighted by Crippen LogP contribution is -2.33. The fourth-order valence-corrected chi connectivity index (χ4v) is 2.78. The van der Waals surface area contributed by atoms with Gasteiger partial charge in [0.25, 0.3) is 0 Å². The Morgan fingerprint density at radius 3 is 2.33 bits per heavy atom. The van der Waals surface area contributed by atoms with E-state index in [0.717, 1.165) is 11.1 Å². The Morgan fingerprint density at radius 2 is 1.74 bits per heavy atom. The number of nitriles is 1. The number of likely N-dealkylation sites (N-methyl/N-ethyl adjacent to an activating group) is 1. The van der Waals surface area contributed by atoms with Crippen LogP contribution in [-0.2, 0) is 6.54 Å². The fourth-order valence-electron chi connectivity index (χ4n) is 2.78. The quantitative estimate of drug-likeness (QED) is 0.732. The Bertz CT molecular complexity index is 784. The molecule has 1 atom stereocenters. The van der Waals surface area contributed by atoms with Gasteiger partial charge in [0.2, 0.25) is 0 Å². The first kappa shape index (κ1) is 20.6. The van der Waals surface area contributed by atoms with Crippen molar-refractivity contribution in [2.24, 2.45) is 0 Å².